The van der Waals surface area contributed by atoms with Crippen LogP contribution in [0.1, 0.15) is 121 Å². The van der Waals surface area contributed by atoms with Gasteiger partial charge in [-0.3, -0.25) is 4.79 Å². The molecular formula is C28H43N3O2. The number of aromatic nitrogens is 2. The molecule has 3 rings (SSSR count). The fraction of sp³-hybridized carbons (Fsp3) is 0.679. The summed E-state index contributed by atoms with van der Waals surface area (Å²) in [5.74, 6) is 1.43. The molecule has 0 radical (unpaired) electrons. The first kappa shape index (κ1) is 25.5. The minimum absolute atomic E-state index is 0.0787. The molecule has 182 valence electrons. The van der Waals surface area contributed by atoms with Crippen LogP contribution in [0.5, 0.6) is 0 Å². The quantitative estimate of drug-likeness (QED) is 0.274. The van der Waals surface area contributed by atoms with Crippen molar-refractivity contribution in [2.45, 2.75) is 116 Å². The van der Waals surface area contributed by atoms with Crippen LogP contribution < -0.4 is 0 Å². The summed E-state index contributed by atoms with van der Waals surface area (Å²) in [6.45, 7) is 5.12. The standard InChI is InChI=1S/C28H43N3O2/c1-3-4-5-6-7-8-9-10-11-12-13-20-26(32)31-21-15-14-19-25(31)28-29-27(30-33-28)24-18-16-17-23(2)22-24/h16-18,22,25H,3-15,19-21H2,1-2H3. The van der Waals surface area contributed by atoms with E-state index in [4.69, 9.17) is 4.52 Å². The minimum atomic E-state index is -0.0787. The monoisotopic (exact) mass is 453 g/mol. The van der Waals surface area contributed by atoms with Crippen LogP contribution in [0.4, 0.5) is 0 Å². The lowest BCUT2D eigenvalue weighted by Crippen LogP contribution is -2.38. The summed E-state index contributed by atoms with van der Waals surface area (Å²) in [5.41, 5.74) is 2.12. The zero-order valence-electron chi connectivity index (χ0n) is 20.9. The highest BCUT2D eigenvalue weighted by Gasteiger charge is 2.31. The number of aryl methyl sites for hydroxylation is 1. The second-order valence-electron chi connectivity index (χ2n) is 9.71. The number of nitrogens with zero attached hydrogens (tertiary/aromatic N) is 3. The Morgan fingerprint density at radius 3 is 2.39 bits per heavy atom. The van der Waals surface area contributed by atoms with E-state index in [1.165, 1.54) is 63.4 Å². The first-order valence-corrected chi connectivity index (χ1v) is 13.4. The summed E-state index contributed by atoms with van der Waals surface area (Å²) in [6.07, 6.45) is 17.9. The van der Waals surface area contributed by atoms with Gasteiger partial charge in [0.2, 0.25) is 17.6 Å². The summed E-state index contributed by atoms with van der Waals surface area (Å²) in [4.78, 5) is 19.7. The summed E-state index contributed by atoms with van der Waals surface area (Å²) >= 11 is 0. The van der Waals surface area contributed by atoms with Gasteiger partial charge >= 0.3 is 0 Å². The number of rotatable bonds is 14. The Bertz CT molecular complexity index is 832. The van der Waals surface area contributed by atoms with Crippen molar-refractivity contribution >= 4 is 5.91 Å². The lowest BCUT2D eigenvalue weighted by atomic mass is 10.0. The Hall–Kier alpha value is -2.17. The van der Waals surface area contributed by atoms with E-state index in [9.17, 15) is 4.79 Å². The highest BCUT2D eigenvalue weighted by molar-refractivity contribution is 5.76. The second kappa shape index (κ2) is 14.2. The molecular weight excluding hydrogens is 410 g/mol. The topological polar surface area (TPSA) is 59.2 Å². The largest absolute Gasteiger partial charge is 0.337 e. The van der Waals surface area contributed by atoms with Gasteiger partial charge in [0.15, 0.2) is 0 Å². The van der Waals surface area contributed by atoms with E-state index in [-0.39, 0.29) is 11.9 Å². The lowest BCUT2D eigenvalue weighted by molar-refractivity contribution is -0.135. The number of unbranched alkanes of at least 4 members (excludes halogenated alkanes) is 10. The molecule has 1 unspecified atom stereocenters. The molecule has 1 atom stereocenters. The molecule has 5 nitrogen and oxygen atoms in total. The summed E-state index contributed by atoms with van der Waals surface area (Å²) < 4.78 is 5.64. The Labute approximate surface area is 200 Å². The Balaban J connectivity index is 1.40. The van der Waals surface area contributed by atoms with Crippen LogP contribution in [0.25, 0.3) is 11.4 Å². The number of likely N-dealkylation sites (tertiary alicyclic amines) is 1. The number of amides is 1. The molecule has 1 aromatic heterocycles. The fourth-order valence-corrected chi connectivity index (χ4v) is 4.84. The first-order chi connectivity index (χ1) is 16.2. The van der Waals surface area contributed by atoms with Crippen molar-refractivity contribution in [3.05, 3.63) is 35.7 Å². The first-order valence-electron chi connectivity index (χ1n) is 13.4. The van der Waals surface area contributed by atoms with Gasteiger partial charge in [-0.25, -0.2) is 0 Å². The van der Waals surface area contributed by atoms with Crippen LogP contribution in [-0.4, -0.2) is 27.5 Å². The fourth-order valence-electron chi connectivity index (χ4n) is 4.84. The van der Waals surface area contributed by atoms with Crippen molar-refractivity contribution in [3.63, 3.8) is 0 Å². The molecule has 1 fully saturated rings. The Morgan fingerprint density at radius 1 is 1.00 bits per heavy atom. The molecule has 0 bridgehead atoms. The SMILES string of the molecule is CCCCCCCCCCCCCC(=O)N1CCCCC1c1nc(-c2cccc(C)c2)no1. The zero-order valence-corrected chi connectivity index (χ0v) is 20.9. The van der Waals surface area contributed by atoms with Crippen molar-refractivity contribution in [3.8, 4) is 11.4 Å². The molecule has 1 saturated heterocycles. The van der Waals surface area contributed by atoms with Crippen molar-refractivity contribution < 1.29 is 9.32 Å². The number of hydrogen-bond acceptors (Lipinski definition) is 4. The van der Waals surface area contributed by atoms with Crippen LogP contribution in [0.15, 0.2) is 28.8 Å². The highest BCUT2D eigenvalue weighted by atomic mass is 16.5. The van der Waals surface area contributed by atoms with Crippen molar-refractivity contribution in [2.24, 2.45) is 0 Å². The molecule has 0 N–H and O–H groups in total. The van der Waals surface area contributed by atoms with Gasteiger partial charge < -0.3 is 9.42 Å². The molecule has 1 aliphatic heterocycles. The van der Waals surface area contributed by atoms with E-state index in [0.29, 0.717) is 18.1 Å². The van der Waals surface area contributed by atoms with Gasteiger partial charge in [-0.2, -0.15) is 4.98 Å². The molecule has 33 heavy (non-hydrogen) atoms. The van der Waals surface area contributed by atoms with Crippen molar-refractivity contribution in [2.75, 3.05) is 6.54 Å². The van der Waals surface area contributed by atoms with Crippen LogP contribution >= 0.6 is 0 Å². The summed E-state index contributed by atoms with van der Waals surface area (Å²) in [7, 11) is 0. The number of benzene rings is 1. The average Bonchev–Trinajstić information content (AvgIpc) is 3.33. The predicted molar refractivity (Wildman–Crippen MR) is 134 cm³/mol. The maximum Gasteiger partial charge on any atom is 0.249 e. The Morgan fingerprint density at radius 2 is 1.70 bits per heavy atom. The third-order valence-corrected chi connectivity index (χ3v) is 6.82. The van der Waals surface area contributed by atoms with Crippen LogP contribution in [-0.2, 0) is 4.79 Å². The lowest BCUT2D eigenvalue weighted by Gasteiger charge is -2.33. The van der Waals surface area contributed by atoms with Gasteiger partial charge in [-0.05, 0) is 38.7 Å². The summed E-state index contributed by atoms with van der Waals surface area (Å²) in [6, 6.07) is 8.04. The van der Waals surface area contributed by atoms with Gasteiger partial charge in [-0.15, -0.1) is 0 Å². The minimum Gasteiger partial charge on any atom is -0.337 e. The number of carbonyl (C=O) groups is 1. The predicted octanol–water partition coefficient (Wildman–Crippen LogP) is 7.80. The van der Waals surface area contributed by atoms with E-state index in [0.717, 1.165) is 44.2 Å². The van der Waals surface area contributed by atoms with Crippen LogP contribution in [0.2, 0.25) is 0 Å². The number of piperidine rings is 1. The highest BCUT2D eigenvalue weighted by Crippen LogP contribution is 2.32. The van der Waals surface area contributed by atoms with Gasteiger partial charge in [0, 0.05) is 18.5 Å². The van der Waals surface area contributed by atoms with E-state index in [1.54, 1.807) is 0 Å². The molecule has 5 heteroatoms. The molecule has 1 aliphatic rings. The van der Waals surface area contributed by atoms with E-state index in [2.05, 4.69) is 36.1 Å². The molecule has 2 aromatic rings. The Kier molecular flexibility index (Phi) is 10.9. The maximum atomic E-state index is 13.0. The third kappa shape index (κ3) is 8.28. The van der Waals surface area contributed by atoms with Crippen LogP contribution in [0, 0.1) is 6.92 Å². The van der Waals surface area contributed by atoms with Gasteiger partial charge in [0.05, 0.1) is 0 Å². The normalized spacial score (nSPS) is 16.3. The van der Waals surface area contributed by atoms with Gasteiger partial charge in [0.1, 0.15) is 6.04 Å². The molecule has 1 aromatic carbocycles. The zero-order chi connectivity index (χ0) is 23.3. The van der Waals surface area contributed by atoms with Crippen molar-refractivity contribution in [1.29, 1.82) is 0 Å². The van der Waals surface area contributed by atoms with Gasteiger partial charge in [0.25, 0.3) is 0 Å². The smallest absolute Gasteiger partial charge is 0.249 e. The third-order valence-electron chi connectivity index (χ3n) is 6.82. The van der Waals surface area contributed by atoms with Crippen molar-refractivity contribution in [1.82, 2.24) is 15.0 Å². The molecule has 0 aliphatic carbocycles. The number of carbonyl (C=O) groups excluding carboxylic acids is 1. The second-order valence-corrected chi connectivity index (χ2v) is 9.71. The van der Waals surface area contributed by atoms with E-state index >= 15 is 0 Å². The molecule has 0 spiro atoms. The van der Waals surface area contributed by atoms with Crippen LogP contribution in [0.3, 0.4) is 0 Å². The van der Waals surface area contributed by atoms with E-state index < -0.39 is 0 Å². The maximum absolute atomic E-state index is 13.0. The average molecular weight is 454 g/mol. The van der Waals surface area contributed by atoms with E-state index in [1.807, 2.05) is 17.0 Å². The number of hydrogen-bond donors (Lipinski definition) is 0. The molecule has 0 saturated carbocycles. The molecule has 1 amide bonds. The molecule has 2 heterocycles. The summed E-state index contributed by atoms with van der Waals surface area (Å²) in [5, 5.41) is 4.20. The van der Waals surface area contributed by atoms with Gasteiger partial charge in [-0.1, -0.05) is 100 Å².